The van der Waals surface area contributed by atoms with Gasteiger partial charge in [-0.15, -0.1) is 0 Å². The van der Waals surface area contributed by atoms with Crippen molar-refractivity contribution in [3.05, 3.63) is 54.2 Å². The highest BCUT2D eigenvalue weighted by molar-refractivity contribution is 7.46. The minimum absolute atomic E-state index is 0.443. The smallest absolute Gasteiger partial charge is 0.188 e. The average Bonchev–Trinajstić information content (AvgIpc) is 2.56. The molecule has 1 aromatic carbocycles. The van der Waals surface area contributed by atoms with Gasteiger partial charge in [0.25, 0.3) is 0 Å². The molecule has 1 aromatic heterocycles. The fourth-order valence-corrected chi connectivity index (χ4v) is 1.84. The molecule has 2 aromatic rings. The molecule has 0 aliphatic heterocycles. The summed E-state index contributed by atoms with van der Waals surface area (Å²) in [6, 6.07) is 13.4. The van der Waals surface area contributed by atoms with Crippen LogP contribution in [0.2, 0.25) is 0 Å². The molecule has 22 heavy (non-hydrogen) atoms. The lowest BCUT2D eigenvalue weighted by Crippen LogP contribution is -2.13. The SMILES string of the molecule is CC.CC(Nc1cc(OCc2ccccc2)ccn1)P(O)O. The van der Waals surface area contributed by atoms with Crippen LogP contribution in [0.5, 0.6) is 5.75 Å². The lowest BCUT2D eigenvalue weighted by molar-refractivity contribution is 0.306. The summed E-state index contributed by atoms with van der Waals surface area (Å²) in [6.07, 6.45) is 1.62. The normalized spacial score (nSPS) is 11.4. The van der Waals surface area contributed by atoms with Gasteiger partial charge in [0.15, 0.2) is 8.38 Å². The lowest BCUT2D eigenvalue weighted by atomic mass is 10.2. The highest BCUT2D eigenvalue weighted by Gasteiger charge is 2.11. The third-order valence-corrected chi connectivity index (χ3v) is 3.50. The van der Waals surface area contributed by atoms with Gasteiger partial charge in [0, 0.05) is 12.3 Å². The number of ether oxygens (including phenoxy) is 1. The molecule has 6 heteroatoms. The van der Waals surface area contributed by atoms with Gasteiger partial charge in [0.2, 0.25) is 0 Å². The molecule has 1 unspecified atom stereocenters. The molecule has 3 N–H and O–H groups in total. The summed E-state index contributed by atoms with van der Waals surface area (Å²) >= 11 is 0. The molecular formula is C16H23N2O3P. The molecule has 0 amide bonds. The quantitative estimate of drug-likeness (QED) is 0.706. The Bertz CT molecular complexity index is 538. The summed E-state index contributed by atoms with van der Waals surface area (Å²) in [5.74, 6) is 0.791. The first-order chi connectivity index (χ1) is 10.6. The van der Waals surface area contributed by atoms with Gasteiger partial charge in [-0.3, -0.25) is 0 Å². The van der Waals surface area contributed by atoms with E-state index >= 15 is 0 Å². The fourth-order valence-electron chi connectivity index (χ4n) is 1.59. The number of pyridine rings is 1. The van der Waals surface area contributed by atoms with Crippen molar-refractivity contribution in [3.8, 4) is 5.75 Å². The number of hydrogen-bond acceptors (Lipinski definition) is 5. The molecule has 0 saturated carbocycles. The maximum absolute atomic E-state index is 9.10. The molecule has 5 nitrogen and oxygen atoms in total. The number of nitrogens with zero attached hydrogens (tertiary/aromatic N) is 1. The number of nitrogens with one attached hydrogen (secondary N) is 1. The maximum Gasteiger partial charge on any atom is 0.188 e. The van der Waals surface area contributed by atoms with E-state index in [-0.39, 0.29) is 0 Å². The van der Waals surface area contributed by atoms with Crippen LogP contribution >= 0.6 is 8.38 Å². The number of aromatic nitrogens is 1. The highest BCUT2D eigenvalue weighted by Crippen LogP contribution is 2.31. The van der Waals surface area contributed by atoms with Gasteiger partial charge >= 0.3 is 0 Å². The zero-order valence-electron chi connectivity index (χ0n) is 13.1. The lowest BCUT2D eigenvalue weighted by Gasteiger charge is -2.15. The standard InChI is InChI=1S/C14H17N2O3P.C2H6/c1-11(20(17)18)16-14-9-13(7-8-15-14)19-10-12-5-3-2-4-6-12;1-2/h2-9,11,17-18H,10H2,1H3,(H,15,16);1-2H3. The van der Waals surface area contributed by atoms with E-state index in [1.54, 1.807) is 25.3 Å². The van der Waals surface area contributed by atoms with Crippen LogP contribution in [0, 0.1) is 0 Å². The van der Waals surface area contributed by atoms with Crippen molar-refractivity contribution in [1.29, 1.82) is 0 Å². The van der Waals surface area contributed by atoms with Crippen molar-refractivity contribution in [3.63, 3.8) is 0 Å². The molecule has 0 radical (unpaired) electrons. The Kier molecular flexibility index (Phi) is 8.44. The Hall–Kier alpha value is -1.68. The van der Waals surface area contributed by atoms with E-state index in [1.165, 1.54) is 0 Å². The number of benzene rings is 1. The molecule has 0 aliphatic rings. The van der Waals surface area contributed by atoms with Crippen LogP contribution in [0.3, 0.4) is 0 Å². The van der Waals surface area contributed by atoms with E-state index in [4.69, 9.17) is 14.5 Å². The maximum atomic E-state index is 9.10. The van der Waals surface area contributed by atoms with Gasteiger partial charge in [0.1, 0.15) is 18.2 Å². The number of anilines is 1. The Balaban J connectivity index is 0.00000116. The molecule has 120 valence electrons. The van der Waals surface area contributed by atoms with Crippen molar-refractivity contribution in [2.24, 2.45) is 0 Å². The topological polar surface area (TPSA) is 74.6 Å². The van der Waals surface area contributed by atoms with Crippen molar-refractivity contribution < 1.29 is 14.5 Å². The molecule has 1 heterocycles. The van der Waals surface area contributed by atoms with Crippen molar-refractivity contribution in [2.45, 2.75) is 33.2 Å². The first kappa shape index (κ1) is 18.4. The zero-order valence-corrected chi connectivity index (χ0v) is 14.0. The summed E-state index contributed by atoms with van der Waals surface area (Å²) in [7, 11) is -2.03. The number of hydrogen-bond donors (Lipinski definition) is 3. The fraction of sp³-hybridized carbons (Fsp3) is 0.312. The molecule has 1 atom stereocenters. The second-order valence-electron chi connectivity index (χ2n) is 4.29. The van der Waals surface area contributed by atoms with Gasteiger partial charge in [-0.1, -0.05) is 44.2 Å². The third-order valence-electron chi connectivity index (χ3n) is 2.68. The van der Waals surface area contributed by atoms with Gasteiger partial charge < -0.3 is 19.8 Å². The number of rotatable bonds is 6. The van der Waals surface area contributed by atoms with Crippen molar-refractivity contribution >= 4 is 14.2 Å². The first-order valence-electron chi connectivity index (χ1n) is 7.21. The largest absolute Gasteiger partial charge is 0.489 e. The summed E-state index contributed by atoms with van der Waals surface area (Å²) in [5, 5.41) is 2.92. The molecule has 0 aliphatic carbocycles. The third kappa shape index (κ3) is 6.39. The zero-order chi connectivity index (χ0) is 16.4. The van der Waals surface area contributed by atoms with Crippen LogP contribution in [0.15, 0.2) is 48.7 Å². The van der Waals surface area contributed by atoms with Gasteiger partial charge in [-0.2, -0.15) is 0 Å². The van der Waals surface area contributed by atoms with E-state index in [0.717, 1.165) is 5.56 Å². The molecular weight excluding hydrogens is 299 g/mol. The highest BCUT2D eigenvalue weighted by atomic mass is 31.2. The Morgan fingerprint density at radius 3 is 2.50 bits per heavy atom. The van der Waals surface area contributed by atoms with Gasteiger partial charge in [-0.05, 0) is 18.6 Å². The summed E-state index contributed by atoms with van der Waals surface area (Å²) < 4.78 is 5.68. The monoisotopic (exact) mass is 322 g/mol. The van der Waals surface area contributed by atoms with Crippen LogP contribution in [-0.2, 0) is 6.61 Å². The second-order valence-corrected chi connectivity index (χ2v) is 5.71. The van der Waals surface area contributed by atoms with E-state index < -0.39 is 14.2 Å². The van der Waals surface area contributed by atoms with Gasteiger partial charge in [-0.25, -0.2) is 4.98 Å². The summed E-state index contributed by atoms with van der Waals surface area (Å²) in [6.45, 7) is 6.16. The Labute approximate surface area is 132 Å². The molecule has 0 fully saturated rings. The second kappa shape index (κ2) is 10.1. The minimum atomic E-state index is -2.03. The average molecular weight is 322 g/mol. The van der Waals surface area contributed by atoms with Crippen molar-refractivity contribution in [1.82, 2.24) is 4.98 Å². The molecule has 0 bridgehead atoms. The van der Waals surface area contributed by atoms with Gasteiger partial charge in [0.05, 0.1) is 5.78 Å². The predicted molar refractivity (Wildman–Crippen MR) is 90.8 cm³/mol. The van der Waals surface area contributed by atoms with Crippen LogP contribution in [0.4, 0.5) is 5.82 Å². The van der Waals surface area contributed by atoms with Crippen LogP contribution in [-0.4, -0.2) is 20.6 Å². The van der Waals surface area contributed by atoms with E-state index in [1.807, 2.05) is 44.2 Å². The summed E-state index contributed by atoms with van der Waals surface area (Å²) in [4.78, 5) is 22.3. The summed E-state index contributed by atoms with van der Waals surface area (Å²) in [5.41, 5.74) is 1.08. The predicted octanol–water partition coefficient (Wildman–Crippen LogP) is 3.74. The molecule has 2 rings (SSSR count). The van der Waals surface area contributed by atoms with E-state index in [2.05, 4.69) is 10.3 Å². The van der Waals surface area contributed by atoms with Crippen molar-refractivity contribution in [2.75, 3.05) is 5.32 Å². The molecule has 0 spiro atoms. The first-order valence-corrected chi connectivity index (χ1v) is 8.53. The molecule has 0 saturated heterocycles. The van der Waals surface area contributed by atoms with Crippen LogP contribution in [0.25, 0.3) is 0 Å². The van der Waals surface area contributed by atoms with E-state index in [9.17, 15) is 0 Å². The Morgan fingerprint density at radius 2 is 1.86 bits per heavy atom. The minimum Gasteiger partial charge on any atom is -0.489 e. The Morgan fingerprint density at radius 1 is 1.18 bits per heavy atom. The van der Waals surface area contributed by atoms with E-state index in [0.29, 0.717) is 18.2 Å². The van der Waals surface area contributed by atoms with Crippen LogP contribution < -0.4 is 10.1 Å². The van der Waals surface area contributed by atoms with Crippen LogP contribution in [0.1, 0.15) is 26.3 Å².